The molecule has 1 rings (SSSR count). The van der Waals surface area contributed by atoms with Crippen molar-refractivity contribution < 1.29 is 9.47 Å². The Hall–Kier alpha value is -0.830. The third-order valence-corrected chi connectivity index (χ3v) is 1.42. The van der Waals surface area contributed by atoms with Gasteiger partial charge in [0.1, 0.15) is 17.4 Å². The molecule has 0 atom stereocenters. The summed E-state index contributed by atoms with van der Waals surface area (Å²) in [4.78, 5) is 0. The van der Waals surface area contributed by atoms with Crippen molar-refractivity contribution in [3.05, 3.63) is 24.3 Å². The fourth-order valence-electron chi connectivity index (χ4n) is 0.746. The summed E-state index contributed by atoms with van der Waals surface area (Å²) in [5.41, 5.74) is 0. The van der Waals surface area contributed by atoms with Crippen LogP contribution >= 0.6 is 12.6 Å². The standard InChI is InChI=1S/C8H10O2S/c1-9-7-2-4-8(5-3-7)10-6-11/h2-5,11H,6H2,1H3. The first kappa shape index (κ1) is 8.27. The van der Waals surface area contributed by atoms with Gasteiger partial charge >= 0.3 is 0 Å². The van der Waals surface area contributed by atoms with E-state index in [0.717, 1.165) is 11.5 Å². The van der Waals surface area contributed by atoms with E-state index in [9.17, 15) is 0 Å². The number of hydrogen-bond acceptors (Lipinski definition) is 3. The molecule has 0 heterocycles. The molecular weight excluding hydrogens is 160 g/mol. The molecule has 0 bridgehead atoms. The maximum Gasteiger partial charge on any atom is 0.131 e. The summed E-state index contributed by atoms with van der Waals surface area (Å²) in [6.07, 6.45) is 0. The van der Waals surface area contributed by atoms with Crippen LogP contribution in [0.25, 0.3) is 0 Å². The lowest BCUT2D eigenvalue weighted by atomic mass is 10.3. The Kier molecular flexibility index (Phi) is 3.11. The minimum Gasteiger partial charge on any atom is -0.497 e. The van der Waals surface area contributed by atoms with Crippen molar-refractivity contribution in [1.82, 2.24) is 0 Å². The first-order valence-corrected chi connectivity index (χ1v) is 3.88. The second kappa shape index (κ2) is 4.13. The van der Waals surface area contributed by atoms with Gasteiger partial charge in [-0.15, -0.1) is 12.6 Å². The van der Waals surface area contributed by atoms with Crippen molar-refractivity contribution in [2.45, 2.75) is 0 Å². The molecule has 0 N–H and O–H groups in total. The summed E-state index contributed by atoms with van der Waals surface area (Å²) in [7, 11) is 1.63. The lowest BCUT2D eigenvalue weighted by Crippen LogP contribution is -1.88. The zero-order valence-corrected chi connectivity index (χ0v) is 7.17. The third-order valence-electron chi connectivity index (χ3n) is 1.29. The molecule has 3 heteroatoms. The highest BCUT2D eigenvalue weighted by Gasteiger charge is 1.91. The predicted molar refractivity (Wildman–Crippen MR) is 47.5 cm³/mol. The smallest absolute Gasteiger partial charge is 0.131 e. The second-order valence-electron chi connectivity index (χ2n) is 1.95. The van der Waals surface area contributed by atoms with Crippen molar-refractivity contribution >= 4 is 12.6 Å². The van der Waals surface area contributed by atoms with Gasteiger partial charge in [-0.3, -0.25) is 0 Å². The van der Waals surface area contributed by atoms with Crippen LogP contribution in [0.15, 0.2) is 24.3 Å². The van der Waals surface area contributed by atoms with Crippen molar-refractivity contribution in [3.8, 4) is 11.5 Å². The molecule has 11 heavy (non-hydrogen) atoms. The van der Waals surface area contributed by atoms with Gasteiger partial charge in [-0.2, -0.15) is 0 Å². The van der Waals surface area contributed by atoms with Crippen LogP contribution < -0.4 is 9.47 Å². The van der Waals surface area contributed by atoms with E-state index >= 15 is 0 Å². The normalized spacial score (nSPS) is 9.27. The van der Waals surface area contributed by atoms with Crippen molar-refractivity contribution in [2.75, 3.05) is 13.0 Å². The van der Waals surface area contributed by atoms with Crippen LogP contribution in [0.3, 0.4) is 0 Å². The Balaban J connectivity index is 2.66. The molecule has 0 saturated carbocycles. The minimum atomic E-state index is 0.395. The first-order valence-electron chi connectivity index (χ1n) is 3.24. The highest BCUT2D eigenvalue weighted by molar-refractivity contribution is 7.80. The number of hydrogen-bond donors (Lipinski definition) is 1. The molecule has 0 fully saturated rings. The summed E-state index contributed by atoms with van der Waals surface area (Å²) in [6, 6.07) is 7.38. The SMILES string of the molecule is COc1ccc(OCS)cc1. The van der Waals surface area contributed by atoms with E-state index in [2.05, 4.69) is 12.6 Å². The largest absolute Gasteiger partial charge is 0.497 e. The Morgan fingerprint density at radius 2 is 1.73 bits per heavy atom. The fourth-order valence-corrected chi connectivity index (χ4v) is 0.896. The molecule has 0 radical (unpaired) electrons. The van der Waals surface area contributed by atoms with E-state index in [1.165, 1.54) is 0 Å². The predicted octanol–water partition coefficient (Wildman–Crippen LogP) is 1.96. The number of ether oxygens (including phenoxy) is 2. The maximum atomic E-state index is 5.11. The average Bonchev–Trinajstić information content (AvgIpc) is 2.07. The van der Waals surface area contributed by atoms with Crippen molar-refractivity contribution in [3.63, 3.8) is 0 Å². The van der Waals surface area contributed by atoms with Crippen LogP contribution in [0, 0.1) is 0 Å². The van der Waals surface area contributed by atoms with Gasteiger partial charge in [-0.1, -0.05) is 0 Å². The van der Waals surface area contributed by atoms with Gasteiger partial charge in [-0.05, 0) is 24.3 Å². The highest BCUT2D eigenvalue weighted by Crippen LogP contribution is 2.16. The topological polar surface area (TPSA) is 18.5 Å². The van der Waals surface area contributed by atoms with Crippen LogP contribution in [0.1, 0.15) is 0 Å². The van der Waals surface area contributed by atoms with Crippen molar-refractivity contribution in [2.24, 2.45) is 0 Å². The van der Waals surface area contributed by atoms with Crippen LogP contribution in [0.5, 0.6) is 11.5 Å². The Morgan fingerprint density at radius 3 is 2.18 bits per heavy atom. The molecule has 0 aromatic heterocycles. The fraction of sp³-hybridized carbons (Fsp3) is 0.250. The number of benzene rings is 1. The van der Waals surface area contributed by atoms with Gasteiger partial charge < -0.3 is 9.47 Å². The summed E-state index contributed by atoms with van der Waals surface area (Å²) in [6.45, 7) is 0. The number of methoxy groups -OCH3 is 1. The van der Waals surface area contributed by atoms with Gasteiger partial charge in [0.25, 0.3) is 0 Å². The third kappa shape index (κ3) is 2.35. The van der Waals surface area contributed by atoms with Crippen LogP contribution in [0.2, 0.25) is 0 Å². The quantitative estimate of drug-likeness (QED) is 0.552. The monoisotopic (exact) mass is 170 g/mol. The van der Waals surface area contributed by atoms with Crippen LogP contribution in [-0.2, 0) is 0 Å². The van der Waals surface area contributed by atoms with E-state index in [1.54, 1.807) is 7.11 Å². The molecule has 0 amide bonds. The van der Waals surface area contributed by atoms with E-state index in [1.807, 2.05) is 24.3 Å². The Labute approximate surface area is 71.5 Å². The zero-order valence-electron chi connectivity index (χ0n) is 6.28. The van der Waals surface area contributed by atoms with E-state index in [0.29, 0.717) is 5.94 Å². The molecule has 0 aliphatic rings. The molecule has 0 unspecified atom stereocenters. The van der Waals surface area contributed by atoms with Gasteiger partial charge in [0.2, 0.25) is 0 Å². The molecule has 0 aliphatic carbocycles. The molecule has 2 nitrogen and oxygen atoms in total. The minimum absolute atomic E-state index is 0.395. The Bertz CT molecular complexity index is 208. The Morgan fingerprint density at radius 1 is 1.18 bits per heavy atom. The maximum absolute atomic E-state index is 5.11. The van der Waals surface area contributed by atoms with Gasteiger partial charge in [-0.25, -0.2) is 0 Å². The first-order chi connectivity index (χ1) is 5.36. The molecule has 60 valence electrons. The number of thiol groups is 1. The number of rotatable bonds is 3. The molecule has 0 aliphatic heterocycles. The van der Waals surface area contributed by atoms with E-state index in [4.69, 9.17) is 9.47 Å². The summed E-state index contributed by atoms with van der Waals surface area (Å²) in [5, 5.41) is 0. The van der Waals surface area contributed by atoms with Gasteiger partial charge in [0.05, 0.1) is 7.11 Å². The van der Waals surface area contributed by atoms with Gasteiger partial charge in [0, 0.05) is 0 Å². The molecule has 0 saturated heterocycles. The molecular formula is C8H10O2S. The summed E-state index contributed by atoms with van der Waals surface area (Å²) < 4.78 is 10.1. The van der Waals surface area contributed by atoms with E-state index < -0.39 is 0 Å². The second-order valence-corrected chi connectivity index (χ2v) is 2.21. The zero-order chi connectivity index (χ0) is 8.10. The van der Waals surface area contributed by atoms with Gasteiger partial charge in [0.15, 0.2) is 0 Å². The lowest BCUT2D eigenvalue weighted by molar-refractivity contribution is 0.389. The molecule has 1 aromatic rings. The van der Waals surface area contributed by atoms with Crippen LogP contribution in [0.4, 0.5) is 0 Å². The molecule has 0 spiro atoms. The summed E-state index contributed by atoms with van der Waals surface area (Å²) in [5.74, 6) is 2.03. The average molecular weight is 170 g/mol. The lowest BCUT2D eigenvalue weighted by Gasteiger charge is -2.02. The molecule has 1 aromatic carbocycles. The highest BCUT2D eigenvalue weighted by atomic mass is 32.1. The van der Waals surface area contributed by atoms with E-state index in [-0.39, 0.29) is 0 Å². The van der Waals surface area contributed by atoms with Crippen LogP contribution in [-0.4, -0.2) is 13.0 Å². The summed E-state index contributed by atoms with van der Waals surface area (Å²) >= 11 is 3.93. The van der Waals surface area contributed by atoms with Crippen molar-refractivity contribution in [1.29, 1.82) is 0 Å².